The number of rotatable bonds is 3. The molecule has 23 heavy (non-hydrogen) atoms. The van der Waals surface area contributed by atoms with E-state index in [1.165, 1.54) is 18.5 Å². The highest BCUT2D eigenvalue weighted by atomic mass is 16.6. The minimum Gasteiger partial charge on any atom is -0.350 e. The van der Waals surface area contributed by atoms with Crippen LogP contribution in [0.25, 0.3) is 21.9 Å². The summed E-state index contributed by atoms with van der Waals surface area (Å²) in [6.45, 7) is 0. The maximum absolute atomic E-state index is 10.9. The van der Waals surface area contributed by atoms with Gasteiger partial charge in [-0.25, -0.2) is 9.97 Å². The average molecular weight is 305 g/mol. The fourth-order valence-electron chi connectivity index (χ4n) is 2.57. The van der Waals surface area contributed by atoms with E-state index in [1.807, 2.05) is 24.3 Å². The SMILES string of the molecule is O=[N+]([O-])c1cccc(Nc2ncnc3c2[nH]c2ccccc23)c1. The standard InChI is InChI=1S/C16H11N5O2/c22-21(23)11-5-3-4-10(8-11)19-16-15-14(17-9-18-16)12-6-1-2-7-13(12)20-15/h1-9,20H,(H,17,18,19). The Morgan fingerprint density at radius 2 is 1.96 bits per heavy atom. The molecule has 0 aliphatic carbocycles. The number of nitro benzene ring substituents is 1. The van der Waals surface area contributed by atoms with Gasteiger partial charge in [0.2, 0.25) is 0 Å². The van der Waals surface area contributed by atoms with Crippen molar-refractivity contribution in [1.29, 1.82) is 0 Å². The number of aromatic nitrogens is 3. The number of aromatic amines is 1. The number of nitrogens with zero attached hydrogens (tertiary/aromatic N) is 3. The van der Waals surface area contributed by atoms with E-state index >= 15 is 0 Å². The van der Waals surface area contributed by atoms with Crippen molar-refractivity contribution in [2.45, 2.75) is 0 Å². The first-order valence-electron chi connectivity index (χ1n) is 6.95. The third-order valence-corrected chi connectivity index (χ3v) is 3.61. The predicted octanol–water partition coefficient (Wildman–Crippen LogP) is 3.76. The van der Waals surface area contributed by atoms with Crippen molar-refractivity contribution in [3.63, 3.8) is 0 Å². The smallest absolute Gasteiger partial charge is 0.271 e. The van der Waals surface area contributed by atoms with Crippen LogP contribution in [0, 0.1) is 10.1 Å². The van der Waals surface area contributed by atoms with Gasteiger partial charge < -0.3 is 10.3 Å². The first-order chi connectivity index (χ1) is 11.2. The molecule has 0 bridgehead atoms. The van der Waals surface area contributed by atoms with E-state index in [-0.39, 0.29) is 5.69 Å². The summed E-state index contributed by atoms with van der Waals surface area (Å²) in [6.07, 6.45) is 1.47. The fourth-order valence-corrected chi connectivity index (χ4v) is 2.57. The highest BCUT2D eigenvalue weighted by molar-refractivity contribution is 6.08. The van der Waals surface area contributed by atoms with Gasteiger partial charge in [-0.15, -0.1) is 0 Å². The lowest BCUT2D eigenvalue weighted by molar-refractivity contribution is -0.384. The molecule has 7 nitrogen and oxygen atoms in total. The molecular weight excluding hydrogens is 294 g/mol. The Morgan fingerprint density at radius 1 is 1.09 bits per heavy atom. The molecule has 0 aliphatic heterocycles. The quantitative estimate of drug-likeness (QED) is 0.443. The van der Waals surface area contributed by atoms with Gasteiger partial charge in [-0.05, 0) is 12.1 Å². The molecule has 2 aromatic carbocycles. The van der Waals surface area contributed by atoms with Crippen LogP contribution in [0.3, 0.4) is 0 Å². The molecule has 0 saturated carbocycles. The van der Waals surface area contributed by atoms with Crippen molar-refractivity contribution in [3.8, 4) is 0 Å². The second-order valence-electron chi connectivity index (χ2n) is 5.05. The zero-order chi connectivity index (χ0) is 15.8. The lowest BCUT2D eigenvalue weighted by atomic mass is 10.2. The summed E-state index contributed by atoms with van der Waals surface area (Å²) < 4.78 is 0. The number of hydrogen-bond donors (Lipinski definition) is 2. The van der Waals surface area contributed by atoms with E-state index in [0.717, 1.165) is 21.9 Å². The van der Waals surface area contributed by atoms with Crippen LogP contribution in [0.1, 0.15) is 0 Å². The van der Waals surface area contributed by atoms with Crippen molar-refractivity contribution in [1.82, 2.24) is 15.0 Å². The minimum absolute atomic E-state index is 0.0250. The second-order valence-corrected chi connectivity index (χ2v) is 5.05. The van der Waals surface area contributed by atoms with Gasteiger partial charge in [-0.3, -0.25) is 10.1 Å². The van der Waals surface area contributed by atoms with Crippen LogP contribution in [0.5, 0.6) is 0 Å². The number of anilines is 2. The molecule has 7 heteroatoms. The molecule has 0 amide bonds. The zero-order valence-electron chi connectivity index (χ0n) is 11.9. The third kappa shape index (κ3) is 2.24. The maximum Gasteiger partial charge on any atom is 0.271 e. The Bertz CT molecular complexity index is 1040. The molecule has 0 spiro atoms. The summed E-state index contributed by atoms with van der Waals surface area (Å²) in [4.78, 5) is 22.3. The van der Waals surface area contributed by atoms with Gasteiger partial charge in [0.25, 0.3) is 5.69 Å². The number of H-pyrrole nitrogens is 1. The molecule has 0 unspecified atom stereocenters. The molecule has 112 valence electrons. The first kappa shape index (κ1) is 13.2. The number of fused-ring (bicyclic) bond motifs is 3. The average Bonchev–Trinajstić information content (AvgIpc) is 2.95. The summed E-state index contributed by atoms with van der Waals surface area (Å²) in [6, 6.07) is 14.1. The Hall–Kier alpha value is -3.48. The molecule has 0 aliphatic rings. The van der Waals surface area contributed by atoms with Gasteiger partial charge in [-0.2, -0.15) is 0 Å². The lowest BCUT2D eigenvalue weighted by Crippen LogP contribution is -1.96. The number of benzene rings is 2. The Labute approximate surface area is 130 Å². The molecular formula is C16H11N5O2. The van der Waals surface area contributed by atoms with Gasteiger partial charge in [-0.1, -0.05) is 24.3 Å². The Balaban J connectivity index is 1.83. The molecule has 2 N–H and O–H groups in total. The summed E-state index contributed by atoms with van der Waals surface area (Å²) in [5, 5.41) is 15.0. The predicted molar refractivity (Wildman–Crippen MR) is 87.8 cm³/mol. The highest BCUT2D eigenvalue weighted by Crippen LogP contribution is 2.29. The summed E-state index contributed by atoms with van der Waals surface area (Å²) >= 11 is 0. The van der Waals surface area contributed by atoms with E-state index in [9.17, 15) is 10.1 Å². The van der Waals surface area contributed by atoms with E-state index in [4.69, 9.17) is 0 Å². The summed E-state index contributed by atoms with van der Waals surface area (Å²) in [7, 11) is 0. The number of nitro groups is 1. The van der Waals surface area contributed by atoms with Crippen LogP contribution in [0.2, 0.25) is 0 Å². The van der Waals surface area contributed by atoms with Crippen molar-refractivity contribution in [3.05, 3.63) is 65.0 Å². The molecule has 0 fully saturated rings. The van der Waals surface area contributed by atoms with E-state index in [2.05, 4.69) is 20.3 Å². The number of hydrogen-bond acceptors (Lipinski definition) is 5. The van der Waals surface area contributed by atoms with Crippen molar-refractivity contribution in [2.75, 3.05) is 5.32 Å². The monoisotopic (exact) mass is 305 g/mol. The van der Waals surface area contributed by atoms with Crippen molar-refractivity contribution >= 4 is 39.1 Å². The van der Waals surface area contributed by atoms with E-state index in [1.54, 1.807) is 12.1 Å². The van der Waals surface area contributed by atoms with E-state index < -0.39 is 4.92 Å². The van der Waals surface area contributed by atoms with Crippen molar-refractivity contribution in [2.24, 2.45) is 0 Å². The van der Waals surface area contributed by atoms with Gasteiger partial charge in [0.1, 0.15) is 17.4 Å². The van der Waals surface area contributed by atoms with Crippen LogP contribution in [-0.4, -0.2) is 19.9 Å². The van der Waals surface area contributed by atoms with Gasteiger partial charge in [0, 0.05) is 28.7 Å². The Kier molecular flexibility index (Phi) is 2.90. The van der Waals surface area contributed by atoms with Crippen LogP contribution in [0.4, 0.5) is 17.2 Å². The van der Waals surface area contributed by atoms with Crippen LogP contribution < -0.4 is 5.32 Å². The molecule has 4 rings (SSSR count). The Morgan fingerprint density at radius 3 is 2.83 bits per heavy atom. The molecule has 2 aromatic heterocycles. The normalized spacial score (nSPS) is 11.0. The highest BCUT2D eigenvalue weighted by Gasteiger charge is 2.11. The molecule has 4 aromatic rings. The molecule has 0 saturated heterocycles. The van der Waals surface area contributed by atoms with Gasteiger partial charge >= 0.3 is 0 Å². The van der Waals surface area contributed by atoms with Crippen molar-refractivity contribution < 1.29 is 4.92 Å². The number of nitrogens with one attached hydrogen (secondary N) is 2. The second kappa shape index (κ2) is 5.06. The zero-order valence-corrected chi connectivity index (χ0v) is 11.9. The summed E-state index contributed by atoms with van der Waals surface area (Å²) in [5.41, 5.74) is 3.16. The van der Waals surface area contributed by atoms with Crippen LogP contribution in [0.15, 0.2) is 54.9 Å². The number of para-hydroxylation sites is 1. The van der Waals surface area contributed by atoms with Crippen LogP contribution in [-0.2, 0) is 0 Å². The fraction of sp³-hybridized carbons (Fsp3) is 0. The van der Waals surface area contributed by atoms with E-state index in [0.29, 0.717) is 11.5 Å². The summed E-state index contributed by atoms with van der Waals surface area (Å²) in [5.74, 6) is 0.576. The van der Waals surface area contributed by atoms with Gasteiger partial charge in [0.05, 0.1) is 4.92 Å². The van der Waals surface area contributed by atoms with Gasteiger partial charge in [0.15, 0.2) is 5.82 Å². The molecule has 0 radical (unpaired) electrons. The van der Waals surface area contributed by atoms with Crippen LogP contribution >= 0.6 is 0 Å². The lowest BCUT2D eigenvalue weighted by Gasteiger charge is -2.06. The molecule has 2 heterocycles. The first-order valence-corrected chi connectivity index (χ1v) is 6.95. The topological polar surface area (TPSA) is 96.7 Å². The minimum atomic E-state index is -0.427. The largest absolute Gasteiger partial charge is 0.350 e. The number of non-ortho nitro benzene ring substituents is 1. The molecule has 0 atom stereocenters. The maximum atomic E-state index is 10.9. The third-order valence-electron chi connectivity index (χ3n) is 3.61.